The second-order valence-electron chi connectivity index (χ2n) is 12.3. The van der Waals surface area contributed by atoms with Gasteiger partial charge in [-0.3, -0.25) is 9.97 Å². The number of benzene rings is 6. The Balaban J connectivity index is 1.07. The molecule has 50 heavy (non-hydrogen) atoms. The maximum absolute atomic E-state index is 6.24. The summed E-state index contributed by atoms with van der Waals surface area (Å²) in [5, 5.41) is 0.967. The molecule has 0 unspecified atom stereocenters. The normalized spacial score (nSPS) is 11.2. The lowest BCUT2D eigenvalue weighted by molar-refractivity contribution is 0.667. The predicted molar refractivity (Wildman–Crippen MR) is 206 cm³/mol. The third kappa shape index (κ3) is 5.49. The Labute approximate surface area is 290 Å². The minimum absolute atomic E-state index is 0.751. The Morgan fingerprint density at radius 2 is 0.880 bits per heavy atom. The van der Waals surface area contributed by atoms with Gasteiger partial charge < -0.3 is 9.32 Å². The Kier molecular flexibility index (Phi) is 7.45. The van der Waals surface area contributed by atoms with E-state index >= 15 is 0 Å². The van der Waals surface area contributed by atoms with Crippen molar-refractivity contribution in [2.45, 2.75) is 0 Å². The zero-order valence-corrected chi connectivity index (χ0v) is 27.1. The quantitative estimate of drug-likeness (QED) is 0.174. The van der Waals surface area contributed by atoms with Crippen LogP contribution >= 0.6 is 0 Å². The molecule has 9 aromatic rings. The van der Waals surface area contributed by atoms with Crippen LogP contribution in [-0.4, -0.2) is 9.97 Å². The topological polar surface area (TPSA) is 42.2 Å². The number of pyridine rings is 2. The van der Waals surface area contributed by atoms with Crippen molar-refractivity contribution in [3.63, 3.8) is 0 Å². The van der Waals surface area contributed by atoms with E-state index in [9.17, 15) is 0 Å². The van der Waals surface area contributed by atoms with Crippen molar-refractivity contribution in [1.29, 1.82) is 0 Å². The van der Waals surface area contributed by atoms with E-state index in [1.807, 2.05) is 36.5 Å². The van der Waals surface area contributed by atoms with Crippen LogP contribution < -0.4 is 4.90 Å². The molecule has 0 bridgehead atoms. The van der Waals surface area contributed by atoms with Crippen molar-refractivity contribution in [3.8, 4) is 44.6 Å². The largest absolute Gasteiger partial charge is 0.452 e. The standard InChI is InChI=1S/C46H31N3O/c1-3-9-32(10-4-1)34-16-22-39(23-17-34)49(40-24-18-35(19-25-40)33-11-5-2-6-12-33)41-26-20-36(21-27-41)37-13-7-14-38(31-37)44-46-42(28-30-48-44)45-43(50-46)15-8-29-47-45/h1-31H. The minimum Gasteiger partial charge on any atom is -0.452 e. The summed E-state index contributed by atoms with van der Waals surface area (Å²) in [6.07, 6.45) is 3.62. The predicted octanol–water partition coefficient (Wildman–Crippen LogP) is 12.5. The molecule has 9 rings (SSSR count). The van der Waals surface area contributed by atoms with Gasteiger partial charge in [-0.1, -0.05) is 115 Å². The second-order valence-corrected chi connectivity index (χ2v) is 12.3. The lowest BCUT2D eigenvalue weighted by Gasteiger charge is -2.26. The number of fused-ring (bicyclic) bond motifs is 3. The monoisotopic (exact) mass is 641 g/mol. The van der Waals surface area contributed by atoms with Crippen LogP contribution in [0.5, 0.6) is 0 Å². The molecule has 4 nitrogen and oxygen atoms in total. The smallest absolute Gasteiger partial charge is 0.163 e. The van der Waals surface area contributed by atoms with Crippen molar-refractivity contribution < 1.29 is 4.42 Å². The van der Waals surface area contributed by atoms with Gasteiger partial charge in [0.05, 0.1) is 5.39 Å². The number of nitrogens with zero attached hydrogens (tertiary/aromatic N) is 3. The highest BCUT2D eigenvalue weighted by Gasteiger charge is 2.16. The zero-order chi connectivity index (χ0) is 33.3. The summed E-state index contributed by atoms with van der Waals surface area (Å²) in [5.41, 5.74) is 14.4. The molecule has 3 heterocycles. The summed E-state index contributed by atoms with van der Waals surface area (Å²) in [5.74, 6) is 0. The maximum Gasteiger partial charge on any atom is 0.163 e. The first-order valence-corrected chi connectivity index (χ1v) is 16.7. The van der Waals surface area contributed by atoms with Crippen LogP contribution in [0.4, 0.5) is 17.1 Å². The number of anilines is 3. The average molecular weight is 642 g/mol. The number of hydrogen-bond donors (Lipinski definition) is 0. The Morgan fingerprint density at radius 3 is 1.46 bits per heavy atom. The van der Waals surface area contributed by atoms with Crippen LogP contribution in [0.25, 0.3) is 66.7 Å². The summed E-state index contributed by atoms with van der Waals surface area (Å²) in [6.45, 7) is 0. The first-order chi connectivity index (χ1) is 24.8. The van der Waals surface area contributed by atoms with Crippen LogP contribution in [0.3, 0.4) is 0 Å². The van der Waals surface area contributed by atoms with Gasteiger partial charge in [-0.25, -0.2) is 0 Å². The van der Waals surface area contributed by atoms with Crippen molar-refractivity contribution in [3.05, 3.63) is 188 Å². The van der Waals surface area contributed by atoms with E-state index in [0.29, 0.717) is 0 Å². The fourth-order valence-electron chi connectivity index (χ4n) is 6.69. The molecule has 4 heteroatoms. The third-order valence-electron chi connectivity index (χ3n) is 9.20. The molecular formula is C46H31N3O. The molecule has 6 aromatic carbocycles. The van der Waals surface area contributed by atoms with E-state index in [1.165, 1.54) is 22.3 Å². The number of hydrogen-bond acceptors (Lipinski definition) is 4. The maximum atomic E-state index is 6.24. The van der Waals surface area contributed by atoms with E-state index in [4.69, 9.17) is 9.40 Å². The summed E-state index contributed by atoms with van der Waals surface area (Å²) in [4.78, 5) is 11.6. The van der Waals surface area contributed by atoms with Gasteiger partial charge in [0.1, 0.15) is 11.2 Å². The fourth-order valence-corrected chi connectivity index (χ4v) is 6.69. The van der Waals surface area contributed by atoms with Crippen LogP contribution in [0.15, 0.2) is 193 Å². The SMILES string of the molecule is c1ccc(-c2ccc(N(c3ccc(-c4ccccc4)cc3)c3ccc(-c4cccc(-c5nccc6c5oc5cccnc56)c4)cc3)cc2)cc1. The number of furan rings is 1. The summed E-state index contributed by atoms with van der Waals surface area (Å²) in [6, 6.07) is 61.7. The average Bonchev–Trinajstić information content (AvgIpc) is 3.59. The molecule has 0 fully saturated rings. The summed E-state index contributed by atoms with van der Waals surface area (Å²) < 4.78 is 6.24. The van der Waals surface area contributed by atoms with E-state index < -0.39 is 0 Å². The van der Waals surface area contributed by atoms with Gasteiger partial charge in [0.25, 0.3) is 0 Å². The van der Waals surface area contributed by atoms with E-state index in [1.54, 1.807) is 6.20 Å². The van der Waals surface area contributed by atoms with Gasteiger partial charge in [-0.05, 0) is 94.0 Å². The number of aromatic nitrogens is 2. The minimum atomic E-state index is 0.751. The molecule has 0 aliphatic carbocycles. The van der Waals surface area contributed by atoms with Gasteiger partial charge in [0.2, 0.25) is 0 Å². The molecule has 0 aliphatic heterocycles. The van der Waals surface area contributed by atoms with Gasteiger partial charge >= 0.3 is 0 Å². The fraction of sp³-hybridized carbons (Fsp3) is 0. The molecule has 0 saturated carbocycles. The molecule has 0 atom stereocenters. The van der Waals surface area contributed by atoms with Crippen LogP contribution in [-0.2, 0) is 0 Å². The molecular weight excluding hydrogens is 611 g/mol. The van der Waals surface area contributed by atoms with Gasteiger partial charge in [0.15, 0.2) is 11.2 Å². The van der Waals surface area contributed by atoms with Crippen LogP contribution in [0, 0.1) is 0 Å². The molecule has 0 saturated heterocycles. The molecule has 0 aliphatic rings. The van der Waals surface area contributed by atoms with E-state index in [0.717, 1.165) is 61.5 Å². The molecule has 0 radical (unpaired) electrons. The first-order valence-electron chi connectivity index (χ1n) is 16.7. The van der Waals surface area contributed by atoms with Crippen molar-refractivity contribution in [2.75, 3.05) is 4.90 Å². The summed E-state index contributed by atoms with van der Waals surface area (Å²) >= 11 is 0. The van der Waals surface area contributed by atoms with Gasteiger partial charge in [-0.15, -0.1) is 0 Å². The molecule has 0 spiro atoms. The molecule has 0 N–H and O–H groups in total. The van der Waals surface area contributed by atoms with Crippen molar-refractivity contribution in [1.82, 2.24) is 9.97 Å². The highest BCUT2D eigenvalue weighted by Crippen LogP contribution is 2.39. The lowest BCUT2D eigenvalue weighted by atomic mass is 10.00. The van der Waals surface area contributed by atoms with Gasteiger partial charge in [-0.2, -0.15) is 0 Å². The Hall–Kier alpha value is -6.78. The molecule has 236 valence electrons. The molecule has 0 amide bonds. The van der Waals surface area contributed by atoms with E-state index in [2.05, 4.69) is 155 Å². The third-order valence-corrected chi connectivity index (χ3v) is 9.20. The van der Waals surface area contributed by atoms with E-state index in [-0.39, 0.29) is 0 Å². The summed E-state index contributed by atoms with van der Waals surface area (Å²) in [7, 11) is 0. The van der Waals surface area contributed by atoms with Crippen molar-refractivity contribution in [2.24, 2.45) is 0 Å². The van der Waals surface area contributed by atoms with Gasteiger partial charge in [0, 0.05) is 35.0 Å². The molecule has 3 aromatic heterocycles. The second kappa shape index (κ2) is 12.7. The van der Waals surface area contributed by atoms with Crippen LogP contribution in [0.2, 0.25) is 0 Å². The first kappa shape index (κ1) is 29.4. The Bertz CT molecular complexity index is 2480. The highest BCUT2D eigenvalue weighted by molar-refractivity contribution is 6.06. The highest BCUT2D eigenvalue weighted by atomic mass is 16.3. The number of rotatable bonds is 7. The van der Waals surface area contributed by atoms with Crippen molar-refractivity contribution >= 4 is 39.1 Å². The van der Waals surface area contributed by atoms with Crippen LogP contribution in [0.1, 0.15) is 0 Å². The zero-order valence-electron chi connectivity index (χ0n) is 27.1. The lowest BCUT2D eigenvalue weighted by Crippen LogP contribution is -2.09. The Morgan fingerprint density at radius 1 is 0.380 bits per heavy atom.